The number of ether oxygens (including phenoxy) is 1. The third-order valence-corrected chi connectivity index (χ3v) is 3.90. The molecule has 0 bridgehead atoms. The molecule has 3 aromatic rings. The monoisotopic (exact) mass is 298 g/mol. The summed E-state index contributed by atoms with van der Waals surface area (Å²) in [6.45, 7) is 1.37. The van der Waals surface area contributed by atoms with Crippen molar-refractivity contribution < 1.29 is 9.26 Å². The molecule has 1 saturated heterocycles. The van der Waals surface area contributed by atoms with Crippen molar-refractivity contribution in [2.45, 2.75) is 12.3 Å². The summed E-state index contributed by atoms with van der Waals surface area (Å²) in [5.74, 6) is 1.30. The van der Waals surface area contributed by atoms with Crippen molar-refractivity contribution in [3.8, 4) is 11.5 Å². The zero-order valence-corrected chi connectivity index (χ0v) is 12.0. The van der Waals surface area contributed by atoms with E-state index in [4.69, 9.17) is 9.26 Å². The van der Waals surface area contributed by atoms with Gasteiger partial charge in [-0.1, -0.05) is 5.16 Å². The number of nitrogens with zero attached hydrogens (tertiary/aromatic N) is 4. The molecule has 1 aliphatic heterocycles. The van der Waals surface area contributed by atoms with Crippen molar-refractivity contribution in [2.24, 2.45) is 7.05 Å². The van der Waals surface area contributed by atoms with Gasteiger partial charge in [0.15, 0.2) is 5.82 Å². The van der Waals surface area contributed by atoms with Gasteiger partial charge in [-0.3, -0.25) is 4.79 Å². The fourth-order valence-electron chi connectivity index (χ4n) is 2.60. The van der Waals surface area contributed by atoms with Gasteiger partial charge in [0.25, 0.3) is 11.4 Å². The third-order valence-electron chi connectivity index (χ3n) is 3.90. The van der Waals surface area contributed by atoms with Gasteiger partial charge < -0.3 is 13.8 Å². The molecule has 0 saturated carbocycles. The summed E-state index contributed by atoms with van der Waals surface area (Å²) in [6.07, 6.45) is 2.41. The molecule has 0 radical (unpaired) electrons. The molecule has 7 heteroatoms. The SMILES string of the molecule is Cn1cnc2cc(-c3nc(C4CCOC4)no3)ccc2c1=O. The fourth-order valence-corrected chi connectivity index (χ4v) is 2.60. The molecule has 0 N–H and O–H groups in total. The predicted octanol–water partition coefficient (Wildman–Crippen LogP) is 1.49. The van der Waals surface area contributed by atoms with Gasteiger partial charge in [0, 0.05) is 25.1 Å². The van der Waals surface area contributed by atoms with Crippen LogP contribution in [0.1, 0.15) is 18.2 Å². The zero-order valence-electron chi connectivity index (χ0n) is 12.0. The van der Waals surface area contributed by atoms with Crippen molar-refractivity contribution in [1.29, 1.82) is 0 Å². The van der Waals surface area contributed by atoms with Gasteiger partial charge in [0.05, 0.1) is 23.8 Å². The molecule has 1 unspecified atom stereocenters. The highest BCUT2D eigenvalue weighted by molar-refractivity contribution is 5.81. The first-order valence-corrected chi connectivity index (χ1v) is 7.09. The molecule has 1 fully saturated rings. The van der Waals surface area contributed by atoms with Crippen molar-refractivity contribution in [1.82, 2.24) is 19.7 Å². The summed E-state index contributed by atoms with van der Waals surface area (Å²) in [5, 5.41) is 4.60. The highest BCUT2D eigenvalue weighted by atomic mass is 16.5. The number of hydrogen-bond donors (Lipinski definition) is 0. The number of aryl methyl sites for hydroxylation is 1. The summed E-state index contributed by atoms with van der Waals surface area (Å²) in [4.78, 5) is 20.7. The molecule has 1 aromatic carbocycles. The van der Waals surface area contributed by atoms with Gasteiger partial charge in [0.2, 0.25) is 0 Å². The molecular formula is C15H14N4O3. The maximum absolute atomic E-state index is 12.0. The Labute approximate surface area is 125 Å². The van der Waals surface area contributed by atoms with Gasteiger partial charge in [-0.25, -0.2) is 4.98 Å². The summed E-state index contributed by atoms with van der Waals surface area (Å²) >= 11 is 0. The molecule has 0 spiro atoms. The lowest BCUT2D eigenvalue weighted by Crippen LogP contribution is -2.16. The van der Waals surface area contributed by atoms with E-state index in [0.717, 1.165) is 18.6 Å². The molecule has 1 atom stereocenters. The maximum atomic E-state index is 12.0. The van der Waals surface area contributed by atoms with E-state index in [9.17, 15) is 4.79 Å². The zero-order chi connectivity index (χ0) is 15.1. The van der Waals surface area contributed by atoms with E-state index in [2.05, 4.69) is 15.1 Å². The van der Waals surface area contributed by atoms with Gasteiger partial charge in [0.1, 0.15) is 0 Å². The van der Waals surface area contributed by atoms with Crippen LogP contribution < -0.4 is 5.56 Å². The lowest BCUT2D eigenvalue weighted by Gasteiger charge is -2.01. The van der Waals surface area contributed by atoms with Crippen LogP contribution in [0.5, 0.6) is 0 Å². The minimum atomic E-state index is -0.0779. The van der Waals surface area contributed by atoms with E-state index in [1.54, 1.807) is 25.2 Å². The van der Waals surface area contributed by atoms with Crippen LogP contribution >= 0.6 is 0 Å². The quantitative estimate of drug-likeness (QED) is 0.712. The van der Waals surface area contributed by atoms with Crippen molar-refractivity contribution in [3.05, 3.63) is 40.7 Å². The van der Waals surface area contributed by atoms with Crippen LogP contribution in [0.3, 0.4) is 0 Å². The van der Waals surface area contributed by atoms with Gasteiger partial charge >= 0.3 is 0 Å². The normalized spacial score (nSPS) is 18.1. The molecule has 112 valence electrons. The molecule has 1 aliphatic rings. The van der Waals surface area contributed by atoms with Crippen LogP contribution in [0.4, 0.5) is 0 Å². The van der Waals surface area contributed by atoms with Gasteiger partial charge in [-0.15, -0.1) is 0 Å². The largest absolute Gasteiger partial charge is 0.381 e. The summed E-state index contributed by atoms with van der Waals surface area (Å²) in [7, 11) is 1.68. The van der Waals surface area contributed by atoms with E-state index < -0.39 is 0 Å². The Morgan fingerprint density at radius 3 is 3.09 bits per heavy atom. The minimum absolute atomic E-state index is 0.0779. The Balaban J connectivity index is 1.75. The fraction of sp³-hybridized carbons (Fsp3) is 0.333. The number of rotatable bonds is 2. The van der Waals surface area contributed by atoms with Crippen molar-refractivity contribution >= 4 is 10.9 Å². The minimum Gasteiger partial charge on any atom is -0.381 e. The van der Waals surface area contributed by atoms with E-state index in [1.807, 2.05) is 0 Å². The lowest BCUT2D eigenvalue weighted by atomic mass is 10.1. The molecule has 7 nitrogen and oxygen atoms in total. The summed E-state index contributed by atoms with van der Waals surface area (Å²) in [6, 6.07) is 5.33. The lowest BCUT2D eigenvalue weighted by molar-refractivity contribution is 0.192. The number of fused-ring (bicyclic) bond motifs is 1. The van der Waals surface area contributed by atoms with Gasteiger partial charge in [-0.2, -0.15) is 4.98 Å². The highest BCUT2D eigenvalue weighted by Gasteiger charge is 2.23. The second-order valence-electron chi connectivity index (χ2n) is 5.41. The van der Waals surface area contributed by atoms with Crippen LogP contribution in [0, 0.1) is 0 Å². The van der Waals surface area contributed by atoms with Gasteiger partial charge in [-0.05, 0) is 24.6 Å². The highest BCUT2D eigenvalue weighted by Crippen LogP contribution is 2.26. The van der Waals surface area contributed by atoms with Crippen molar-refractivity contribution in [3.63, 3.8) is 0 Å². The van der Waals surface area contributed by atoms with Crippen LogP contribution in [-0.4, -0.2) is 32.9 Å². The smallest absolute Gasteiger partial charge is 0.260 e. The van der Waals surface area contributed by atoms with Crippen LogP contribution in [-0.2, 0) is 11.8 Å². The second-order valence-corrected chi connectivity index (χ2v) is 5.41. The Hall–Kier alpha value is -2.54. The molecule has 0 aliphatic carbocycles. The number of hydrogen-bond acceptors (Lipinski definition) is 6. The average molecular weight is 298 g/mol. The topological polar surface area (TPSA) is 83.0 Å². The first-order valence-electron chi connectivity index (χ1n) is 7.09. The molecule has 0 amide bonds. The third kappa shape index (κ3) is 2.10. The van der Waals surface area contributed by atoms with E-state index >= 15 is 0 Å². The van der Waals surface area contributed by atoms with Crippen molar-refractivity contribution in [2.75, 3.05) is 13.2 Å². The summed E-state index contributed by atoms with van der Waals surface area (Å²) < 4.78 is 12.1. The Bertz CT molecular complexity index is 893. The van der Waals surface area contributed by atoms with E-state index in [1.165, 1.54) is 10.9 Å². The first kappa shape index (κ1) is 13.1. The van der Waals surface area contributed by atoms with Crippen LogP contribution in [0.15, 0.2) is 33.8 Å². The standard InChI is InChI=1S/C15H14N4O3/c1-19-8-16-12-6-9(2-3-11(12)15(19)20)14-17-13(18-22-14)10-4-5-21-7-10/h2-3,6,8,10H,4-5,7H2,1H3. The van der Waals surface area contributed by atoms with Crippen LogP contribution in [0.2, 0.25) is 0 Å². The Morgan fingerprint density at radius 2 is 2.27 bits per heavy atom. The summed E-state index contributed by atoms with van der Waals surface area (Å²) in [5.41, 5.74) is 1.29. The van der Waals surface area contributed by atoms with E-state index in [-0.39, 0.29) is 11.5 Å². The molecular weight excluding hydrogens is 284 g/mol. The average Bonchev–Trinajstić information content (AvgIpc) is 3.21. The molecule has 3 heterocycles. The molecule has 2 aromatic heterocycles. The maximum Gasteiger partial charge on any atom is 0.260 e. The Morgan fingerprint density at radius 1 is 1.36 bits per heavy atom. The second kappa shape index (κ2) is 5.03. The first-order chi connectivity index (χ1) is 10.7. The Kier molecular flexibility index (Phi) is 3.00. The number of aromatic nitrogens is 4. The van der Waals surface area contributed by atoms with E-state index in [0.29, 0.717) is 29.2 Å². The van der Waals surface area contributed by atoms with Crippen LogP contribution in [0.25, 0.3) is 22.4 Å². The number of benzene rings is 1. The predicted molar refractivity (Wildman–Crippen MR) is 78.5 cm³/mol. The molecule has 4 rings (SSSR count). The molecule has 22 heavy (non-hydrogen) atoms.